The lowest BCUT2D eigenvalue weighted by atomic mass is 10.0. The molecule has 1 aromatic rings. The molecule has 1 atom stereocenters. The van der Waals surface area contributed by atoms with E-state index in [0.717, 1.165) is 24.2 Å². The number of thioether (sulfide) groups is 1. The second-order valence-electron chi connectivity index (χ2n) is 7.04. The number of nitrogens with zero attached hydrogens (tertiary/aromatic N) is 1. The monoisotopic (exact) mass is 288 g/mol. The highest BCUT2D eigenvalue weighted by atomic mass is 32.2. The number of rotatable bonds is 3. The summed E-state index contributed by atoms with van der Waals surface area (Å²) in [4.78, 5) is 4.66. The summed E-state index contributed by atoms with van der Waals surface area (Å²) < 4.78 is 0. The van der Waals surface area contributed by atoms with Crippen molar-refractivity contribution in [2.45, 2.75) is 32.9 Å². The molecule has 1 saturated carbocycles. The molecule has 1 N–H and O–H groups in total. The molecule has 0 radical (unpaired) electrons. The highest BCUT2D eigenvalue weighted by molar-refractivity contribution is 8.14. The second-order valence-corrected chi connectivity index (χ2v) is 8.23. The van der Waals surface area contributed by atoms with Crippen molar-refractivity contribution >= 4 is 16.9 Å². The molecular weight excluding hydrogens is 264 g/mol. The van der Waals surface area contributed by atoms with Crippen molar-refractivity contribution in [2.24, 2.45) is 21.7 Å². The summed E-state index contributed by atoms with van der Waals surface area (Å²) in [6, 6.07) is 10.7. The van der Waals surface area contributed by atoms with Crippen LogP contribution in [-0.4, -0.2) is 18.3 Å². The fraction of sp³-hybridized carbons (Fsp3) is 0.588. The van der Waals surface area contributed by atoms with E-state index >= 15 is 0 Å². The van der Waals surface area contributed by atoms with Crippen LogP contribution in [-0.2, 0) is 0 Å². The van der Waals surface area contributed by atoms with Crippen LogP contribution in [0.15, 0.2) is 35.3 Å². The van der Waals surface area contributed by atoms with Crippen LogP contribution < -0.4 is 5.32 Å². The minimum Gasteiger partial charge on any atom is -0.365 e. The Morgan fingerprint density at radius 1 is 1.15 bits per heavy atom. The van der Waals surface area contributed by atoms with E-state index in [1.807, 2.05) is 11.8 Å². The van der Waals surface area contributed by atoms with Gasteiger partial charge in [-0.15, -0.1) is 0 Å². The predicted molar refractivity (Wildman–Crippen MR) is 88.1 cm³/mol. The molecule has 2 aliphatic rings. The zero-order valence-corrected chi connectivity index (χ0v) is 13.6. The van der Waals surface area contributed by atoms with Crippen molar-refractivity contribution < 1.29 is 0 Å². The average molecular weight is 288 g/mol. The van der Waals surface area contributed by atoms with Gasteiger partial charge in [0, 0.05) is 6.54 Å². The van der Waals surface area contributed by atoms with Crippen LogP contribution in [0.25, 0.3) is 0 Å². The Labute approximate surface area is 126 Å². The van der Waals surface area contributed by atoms with Crippen molar-refractivity contribution in [1.29, 1.82) is 0 Å². The van der Waals surface area contributed by atoms with Crippen molar-refractivity contribution in [3.63, 3.8) is 0 Å². The summed E-state index contributed by atoms with van der Waals surface area (Å²) >= 11 is 1.87. The van der Waals surface area contributed by atoms with E-state index in [0.29, 0.717) is 16.1 Å². The van der Waals surface area contributed by atoms with Gasteiger partial charge in [0.1, 0.15) is 0 Å². The maximum Gasteiger partial charge on any atom is 0.157 e. The number of hydrogen-bond donors (Lipinski definition) is 1. The summed E-state index contributed by atoms with van der Waals surface area (Å²) in [6.07, 6.45) is 0. The van der Waals surface area contributed by atoms with Gasteiger partial charge in [0.05, 0.1) is 11.8 Å². The lowest BCUT2D eigenvalue weighted by molar-refractivity contribution is 0.457. The molecule has 1 heterocycles. The molecule has 1 unspecified atom stereocenters. The van der Waals surface area contributed by atoms with Gasteiger partial charge in [0.2, 0.25) is 0 Å². The normalized spacial score (nSPS) is 27.2. The number of aliphatic imine (C=N–C) groups is 1. The second kappa shape index (κ2) is 4.80. The predicted octanol–water partition coefficient (Wildman–Crippen LogP) is 4.10. The topological polar surface area (TPSA) is 24.4 Å². The van der Waals surface area contributed by atoms with E-state index < -0.39 is 0 Å². The molecule has 108 valence electrons. The fourth-order valence-corrected chi connectivity index (χ4v) is 4.37. The summed E-state index contributed by atoms with van der Waals surface area (Å²) in [7, 11) is 0. The van der Waals surface area contributed by atoms with Crippen LogP contribution >= 0.6 is 11.8 Å². The van der Waals surface area contributed by atoms with Crippen molar-refractivity contribution in [3.05, 3.63) is 35.9 Å². The zero-order valence-electron chi connectivity index (χ0n) is 12.8. The summed E-state index contributed by atoms with van der Waals surface area (Å²) in [5, 5.41) is 5.18. The quantitative estimate of drug-likeness (QED) is 0.905. The zero-order chi connectivity index (χ0) is 14.4. The fourth-order valence-electron chi connectivity index (χ4n) is 3.35. The van der Waals surface area contributed by atoms with Gasteiger partial charge in [0.25, 0.3) is 0 Å². The lowest BCUT2D eigenvalue weighted by Gasteiger charge is -2.10. The third-order valence-corrected chi connectivity index (χ3v) is 6.81. The van der Waals surface area contributed by atoms with Crippen LogP contribution in [0.4, 0.5) is 0 Å². The van der Waals surface area contributed by atoms with E-state index in [9.17, 15) is 0 Å². The molecule has 3 rings (SSSR count). The van der Waals surface area contributed by atoms with E-state index in [4.69, 9.17) is 0 Å². The molecule has 1 aromatic carbocycles. The minimum atomic E-state index is 0.447. The first-order valence-electron chi connectivity index (χ1n) is 7.43. The molecule has 2 nitrogen and oxygen atoms in total. The van der Waals surface area contributed by atoms with Gasteiger partial charge in [-0.3, -0.25) is 4.99 Å². The third kappa shape index (κ3) is 2.26. The summed E-state index contributed by atoms with van der Waals surface area (Å²) in [5.74, 6) is 0.745. The molecule has 3 heteroatoms. The van der Waals surface area contributed by atoms with E-state index in [1.165, 1.54) is 5.56 Å². The smallest absolute Gasteiger partial charge is 0.157 e. The molecule has 1 aliphatic carbocycles. The molecule has 20 heavy (non-hydrogen) atoms. The third-order valence-electron chi connectivity index (χ3n) is 5.60. The van der Waals surface area contributed by atoms with Crippen molar-refractivity contribution in [3.8, 4) is 0 Å². The minimum absolute atomic E-state index is 0.447. The van der Waals surface area contributed by atoms with Gasteiger partial charge in [-0.05, 0) is 22.3 Å². The molecule has 0 saturated heterocycles. The van der Waals surface area contributed by atoms with Gasteiger partial charge in [0.15, 0.2) is 5.17 Å². The molecule has 0 aromatic heterocycles. The Morgan fingerprint density at radius 3 is 2.40 bits per heavy atom. The Kier molecular flexibility index (Phi) is 3.36. The first-order valence-corrected chi connectivity index (χ1v) is 8.31. The van der Waals surface area contributed by atoms with Gasteiger partial charge < -0.3 is 5.32 Å². The number of benzene rings is 1. The highest BCUT2D eigenvalue weighted by Gasteiger charge is 2.64. The van der Waals surface area contributed by atoms with Crippen LogP contribution in [0.3, 0.4) is 0 Å². The molecule has 1 fully saturated rings. The van der Waals surface area contributed by atoms with Gasteiger partial charge in [-0.25, -0.2) is 0 Å². The largest absolute Gasteiger partial charge is 0.365 e. The Morgan fingerprint density at radius 2 is 1.80 bits per heavy atom. The van der Waals surface area contributed by atoms with Gasteiger partial charge in [-0.1, -0.05) is 69.8 Å². The van der Waals surface area contributed by atoms with Gasteiger partial charge >= 0.3 is 0 Å². The molecule has 0 amide bonds. The summed E-state index contributed by atoms with van der Waals surface area (Å²) in [5.41, 5.74) is 2.27. The van der Waals surface area contributed by atoms with E-state index in [2.05, 4.69) is 68.3 Å². The first kappa shape index (κ1) is 14.0. The lowest BCUT2D eigenvalue weighted by Crippen LogP contribution is -2.23. The number of nitrogens with one attached hydrogen (secondary N) is 1. The maximum absolute atomic E-state index is 4.66. The molecule has 0 bridgehead atoms. The SMILES string of the molecule is CC1(C)C(CNC2=NCC(c3ccccc3)S2)C1(C)C. The number of amidine groups is 1. The molecule has 1 aliphatic heterocycles. The average Bonchev–Trinajstić information content (AvgIpc) is 2.76. The standard InChI is InChI=1S/C17H24N2S/c1-16(2)14(17(16,3)4)11-19-15-18-10-13(20-15)12-8-6-5-7-9-12/h5-9,13-14H,10-11H2,1-4H3,(H,18,19). The summed E-state index contributed by atoms with van der Waals surface area (Å²) in [6.45, 7) is 11.4. The van der Waals surface area contributed by atoms with Gasteiger partial charge in [-0.2, -0.15) is 0 Å². The Bertz CT molecular complexity index is 505. The Balaban J connectivity index is 1.52. The highest BCUT2D eigenvalue weighted by Crippen LogP contribution is 2.67. The van der Waals surface area contributed by atoms with Crippen LogP contribution in [0.1, 0.15) is 38.5 Å². The van der Waals surface area contributed by atoms with Crippen LogP contribution in [0.5, 0.6) is 0 Å². The van der Waals surface area contributed by atoms with E-state index in [-0.39, 0.29) is 0 Å². The van der Waals surface area contributed by atoms with Crippen molar-refractivity contribution in [1.82, 2.24) is 5.32 Å². The van der Waals surface area contributed by atoms with E-state index in [1.54, 1.807) is 0 Å². The van der Waals surface area contributed by atoms with Crippen molar-refractivity contribution in [2.75, 3.05) is 13.1 Å². The Hall–Kier alpha value is -0.960. The number of hydrogen-bond acceptors (Lipinski definition) is 3. The van der Waals surface area contributed by atoms with Crippen LogP contribution in [0, 0.1) is 16.7 Å². The molecular formula is C17H24N2S. The maximum atomic E-state index is 4.66. The van der Waals surface area contributed by atoms with Crippen LogP contribution in [0.2, 0.25) is 0 Å². The molecule has 0 spiro atoms. The first-order chi connectivity index (χ1) is 9.43.